The number of nitrogens with zero attached hydrogens (tertiary/aromatic N) is 1. The predicted octanol–water partition coefficient (Wildman–Crippen LogP) is 5.97. The molecule has 1 atom stereocenters. The first-order valence-corrected chi connectivity index (χ1v) is 11.9. The number of halogens is 2. The van der Waals surface area contributed by atoms with Crippen LogP contribution >= 0.6 is 0 Å². The van der Waals surface area contributed by atoms with Gasteiger partial charge in [0.15, 0.2) is 11.7 Å². The SMILES string of the molecule is O=C(CCc1ncc(-c2ccc(F)cc2F)o1)NCC1CC2c3ccccc3C1c1ccccc12. The fourth-order valence-corrected chi connectivity index (χ4v) is 5.75. The maximum atomic E-state index is 14.0. The number of rotatable bonds is 6. The second-order valence-corrected chi connectivity index (χ2v) is 9.33. The summed E-state index contributed by atoms with van der Waals surface area (Å²) in [5, 5.41) is 3.11. The van der Waals surface area contributed by atoms with Gasteiger partial charge in [0.1, 0.15) is 11.6 Å². The van der Waals surface area contributed by atoms with E-state index in [2.05, 4.69) is 58.8 Å². The molecule has 3 aliphatic rings. The highest BCUT2D eigenvalue weighted by Crippen LogP contribution is 2.55. The van der Waals surface area contributed by atoms with Crippen LogP contribution in [0, 0.1) is 17.6 Å². The Morgan fingerprint density at radius 3 is 2.34 bits per heavy atom. The molecule has 2 bridgehead atoms. The summed E-state index contributed by atoms with van der Waals surface area (Å²) in [7, 11) is 0. The second kappa shape index (κ2) is 8.77. The normalized spacial score (nSPS) is 19.8. The van der Waals surface area contributed by atoms with E-state index in [1.165, 1.54) is 40.6 Å². The summed E-state index contributed by atoms with van der Waals surface area (Å²) in [5.74, 6) is 0.117. The number of carbonyl (C=O) groups is 1. The smallest absolute Gasteiger partial charge is 0.220 e. The van der Waals surface area contributed by atoms with Crippen molar-refractivity contribution in [2.45, 2.75) is 31.1 Å². The lowest BCUT2D eigenvalue weighted by molar-refractivity contribution is -0.121. The zero-order chi connectivity index (χ0) is 23.9. The molecule has 35 heavy (non-hydrogen) atoms. The van der Waals surface area contributed by atoms with Gasteiger partial charge < -0.3 is 9.73 Å². The van der Waals surface area contributed by atoms with Gasteiger partial charge in [-0.25, -0.2) is 13.8 Å². The van der Waals surface area contributed by atoms with E-state index in [0.29, 0.717) is 30.7 Å². The lowest BCUT2D eigenvalue weighted by Gasteiger charge is -2.45. The van der Waals surface area contributed by atoms with Crippen LogP contribution in [-0.4, -0.2) is 17.4 Å². The van der Waals surface area contributed by atoms with Crippen LogP contribution in [0.2, 0.25) is 0 Å². The number of hydrogen-bond acceptors (Lipinski definition) is 3. The van der Waals surface area contributed by atoms with E-state index in [1.807, 2.05) is 0 Å². The van der Waals surface area contributed by atoms with E-state index >= 15 is 0 Å². The maximum Gasteiger partial charge on any atom is 0.220 e. The molecule has 7 rings (SSSR count). The molecule has 1 unspecified atom stereocenters. The fourth-order valence-electron chi connectivity index (χ4n) is 5.75. The van der Waals surface area contributed by atoms with Crippen LogP contribution in [0.15, 0.2) is 77.3 Å². The molecule has 1 N–H and O–H groups in total. The average molecular weight is 471 g/mol. The lowest BCUT2D eigenvalue weighted by Crippen LogP contribution is -2.39. The Hall–Kier alpha value is -3.80. The van der Waals surface area contributed by atoms with Crippen molar-refractivity contribution in [1.29, 1.82) is 0 Å². The van der Waals surface area contributed by atoms with Gasteiger partial charge in [0, 0.05) is 37.3 Å². The number of oxazole rings is 1. The predicted molar refractivity (Wildman–Crippen MR) is 128 cm³/mol. The van der Waals surface area contributed by atoms with E-state index in [1.54, 1.807) is 0 Å². The molecule has 6 heteroatoms. The molecule has 0 fully saturated rings. The van der Waals surface area contributed by atoms with Gasteiger partial charge in [-0.1, -0.05) is 48.5 Å². The number of nitrogens with one attached hydrogen (secondary N) is 1. The Morgan fingerprint density at radius 1 is 0.971 bits per heavy atom. The molecule has 0 radical (unpaired) electrons. The molecule has 0 saturated heterocycles. The van der Waals surface area contributed by atoms with Gasteiger partial charge in [0.05, 0.1) is 11.8 Å². The van der Waals surface area contributed by atoms with Crippen molar-refractivity contribution in [3.63, 3.8) is 0 Å². The minimum absolute atomic E-state index is 0.0688. The minimum Gasteiger partial charge on any atom is -0.441 e. The molecule has 4 aromatic rings. The van der Waals surface area contributed by atoms with Gasteiger partial charge in [-0.2, -0.15) is 0 Å². The van der Waals surface area contributed by atoms with Crippen molar-refractivity contribution in [2.75, 3.05) is 6.54 Å². The first kappa shape index (κ1) is 21.7. The number of amides is 1. The highest BCUT2D eigenvalue weighted by molar-refractivity contribution is 5.76. The topological polar surface area (TPSA) is 55.1 Å². The number of benzene rings is 3. The number of carbonyl (C=O) groups excluding carboxylic acids is 1. The first-order chi connectivity index (χ1) is 17.1. The van der Waals surface area contributed by atoms with Crippen LogP contribution < -0.4 is 5.32 Å². The Balaban J connectivity index is 1.10. The largest absolute Gasteiger partial charge is 0.441 e. The Bertz CT molecular complexity index is 1370. The molecular formula is C29H24F2N2O2. The zero-order valence-electron chi connectivity index (χ0n) is 19.0. The molecule has 3 aromatic carbocycles. The van der Waals surface area contributed by atoms with E-state index in [9.17, 15) is 13.6 Å². The average Bonchev–Trinajstić information content (AvgIpc) is 3.35. The Kier molecular flexibility index (Phi) is 5.44. The first-order valence-electron chi connectivity index (χ1n) is 11.9. The van der Waals surface area contributed by atoms with Crippen LogP contribution in [0.3, 0.4) is 0 Å². The summed E-state index contributed by atoms with van der Waals surface area (Å²) in [6, 6.07) is 20.6. The summed E-state index contributed by atoms with van der Waals surface area (Å²) in [6.45, 7) is 0.611. The second-order valence-electron chi connectivity index (χ2n) is 9.33. The van der Waals surface area contributed by atoms with Crippen LogP contribution in [0.1, 0.15) is 52.8 Å². The quantitative estimate of drug-likeness (QED) is 0.378. The van der Waals surface area contributed by atoms with Gasteiger partial charge in [-0.15, -0.1) is 0 Å². The maximum absolute atomic E-state index is 14.0. The number of hydrogen-bond donors (Lipinski definition) is 1. The molecule has 176 valence electrons. The molecule has 4 nitrogen and oxygen atoms in total. The third kappa shape index (κ3) is 3.93. The van der Waals surface area contributed by atoms with Gasteiger partial charge in [-0.3, -0.25) is 4.79 Å². The van der Waals surface area contributed by atoms with Crippen LogP contribution in [0.4, 0.5) is 8.78 Å². The summed E-state index contributed by atoms with van der Waals surface area (Å²) in [6.07, 6.45) is 2.94. The summed E-state index contributed by atoms with van der Waals surface area (Å²) in [4.78, 5) is 16.8. The highest BCUT2D eigenvalue weighted by Gasteiger charge is 2.42. The van der Waals surface area contributed by atoms with Crippen LogP contribution in [0.5, 0.6) is 0 Å². The van der Waals surface area contributed by atoms with Crippen LogP contribution in [-0.2, 0) is 11.2 Å². The van der Waals surface area contributed by atoms with Crippen molar-refractivity contribution < 1.29 is 18.0 Å². The highest BCUT2D eigenvalue weighted by atomic mass is 19.1. The van der Waals surface area contributed by atoms with Gasteiger partial charge >= 0.3 is 0 Å². The summed E-state index contributed by atoms with van der Waals surface area (Å²) in [5.41, 5.74) is 5.72. The molecule has 0 spiro atoms. The third-order valence-corrected chi connectivity index (χ3v) is 7.30. The monoisotopic (exact) mass is 470 g/mol. The molecule has 0 aliphatic heterocycles. The number of aryl methyl sites for hydroxylation is 1. The van der Waals surface area contributed by atoms with Gasteiger partial charge in [0.25, 0.3) is 0 Å². The van der Waals surface area contributed by atoms with E-state index < -0.39 is 11.6 Å². The molecule has 0 saturated carbocycles. The molecule has 1 heterocycles. The molecule has 1 amide bonds. The van der Waals surface area contributed by atoms with E-state index in [0.717, 1.165) is 12.5 Å². The molecular weight excluding hydrogens is 446 g/mol. The lowest BCUT2D eigenvalue weighted by atomic mass is 9.59. The number of fused-ring (bicyclic) bond motifs is 1. The van der Waals surface area contributed by atoms with Crippen molar-refractivity contribution in [3.8, 4) is 11.3 Å². The van der Waals surface area contributed by atoms with E-state index in [-0.39, 0.29) is 29.6 Å². The zero-order valence-corrected chi connectivity index (χ0v) is 19.0. The van der Waals surface area contributed by atoms with Crippen molar-refractivity contribution in [1.82, 2.24) is 10.3 Å². The number of aromatic nitrogens is 1. The van der Waals surface area contributed by atoms with Crippen molar-refractivity contribution in [2.24, 2.45) is 5.92 Å². The summed E-state index contributed by atoms with van der Waals surface area (Å²) < 4.78 is 32.7. The third-order valence-electron chi connectivity index (χ3n) is 7.30. The molecule has 1 aromatic heterocycles. The van der Waals surface area contributed by atoms with Gasteiger partial charge in [0.2, 0.25) is 5.91 Å². The Morgan fingerprint density at radius 2 is 1.66 bits per heavy atom. The minimum atomic E-state index is -0.713. The van der Waals surface area contributed by atoms with E-state index in [4.69, 9.17) is 4.42 Å². The standard InChI is InChI=1S/C29H24F2N2O2/c30-18-9-10-23(25(31)14-18)26-16-33-28(35-26)12-11-27(34)32-15-17-13-24-19-5-1-3-7-21(19)29(17)22-8-4-2-6-20(22)24/h1-10,14,16-17,24,29H,11-13,15H2,(H,32,34). The molecule has 3 aliphatic carbocycles. The van der Waals surface area contributed by atoms with Crippen molar-refractivity contribution in [3.05, 3.63) is 113 Å². The van der Waals surface area contributed by atoms with Crippen LogP contribution in [0.25, 0.3) is 11.3 Å². The van der Waals surface area contributed by atoms with Gasteiger partial charge in [-0.05, 0) is 46.7 Å². The Labute approximate surface area is 202 Å². The summed E-state index contributed by atoms with van der Waals surface area (Å²) >= 11 is 0. The van der Waals surface area contributed by atoms with Crippen molar-refractivity contribution >= 4 is 5.91 Å². The fraction of sp³-hybridized carbons (Fsp3) is 0.241.